The summed E-state index contributed by atoms with van der Waals surface area (Å²) >= 11 is 7.17. The minimum absolute atomic E-state index is 0.0418. The van der Waals surface area contributed by atoms with Crippen LogP contribution in [0.5, 0.6) is 0 Å². The lowest BCUT2D eigenvalue weighted by Crippen LogP contribution is -2.11. The summed E-state index contributed by atoms with van der Waals surface area (Å²) in [6.07, 6.45) is 0. The van der Waals surface area contributed by atoms with Gasteiger partial charge < -0.3 is 0 Å². The Morgan fingerprint density at radius 3 is 2.48 bits per heavy atom. The van der Waals surface area contributed by atoms with Crippen molar-refractivity contribution in [2.24, 2.45) is 0 Å². The number of nitrogens with zero attached hydrogens (tertiary/aromatic N) is 2. The van der Waals surface area contributed by atoms with E-state index in [1.165, 1.54) is 16.0 Å². The lowest BCUT2D eigenvalue weighted by atomic mass is 9.87. The first kappa shape index (κ1) is 14.6. The summed E-state index contributed by atoms with van der Waals surface area (Å²) in [6.45, 7) is 0. The van der Waals surface area contributed by atoms with Crippen molar-refractivity contribution in [3.8, 4) is 11.3 Å². The molecule has 0 saturated carbocycles. The lowest BCUT2D eigenvalue weighted by molar-refractivity contribution is 0.0954. The fourth-order valence-corrected chi connectivity index (χ4v) is 4.24. The molecular formula is C19H9ClN2O2S. The number of aromatic nitrogens is 2. The molecule has 2 heterocycles. The first-order valence-electron chi connectivity index (χ1n) is 7.61. The highest BCUT2D eigenvalue weighted by molar-refractivity contribution is 7.18. The molecule has 0 spiro atoms. The van der Waals surface area contributed by atoms with Gasteiger partial charge >= 0.3 is 0 Å². The summed E-state index contributed by atoms with van der Waals surface area (Å²) in [4.78, 5) is 26.2. The van der Waals surface area contributed by atoms with E-state index in [4.69, 9.17) is 11.6 Å². The molecule has 0 unspecified atom stereocenters. The number of rotatable bonds is 1. The van der Waals surface area contributed by atoms with Crippen molar-refractivity contribution in [3.63, 3.8) is 0 Å². The average molecular weight is 365 g/mol. The van der Waals surface area contributed by atoms with Crippen LogP contribution in [-0.2, 0) is 0 Å². The van der Waals surface area contributed by atoms with Gasteiger partial charge in [0.25, 0.3) is 5.91 Å². The van der Waals surface area contributed by atoms with Crippen LogP contribution in [0.1, 0.15) is 25.6 Å². The van der Waals surface area contributed by atoms with Crippen LogP contribution < -0.4 is 0 Å². The second-order valence-electron chi connectivity index (χ2n) is 5.74. The number of thiophene rings is 1. The molecule has 2 aromatic heterocycles. The zero-order valence-electron chi connectivity index (χ0n) is 12.7. The first-order valence-corrected chi connectivity index (χ1v) is 8.80. The summed E-state index contributed by atoms with van der Waals surface area (Å²) in [6, 6.07) is 16.1. The standard InChI is InChI=1S/C19H9ClN2O2S/c20-15-9-8-14(25-15)19(24)22-13-7-3-6-12-16(13)17(21-22)10-4-1-2-5-11(10)18(12)23/h1-9H. The van der Waals surface area contributed by atoms with Gasteiger partial charge in [-0.15, -0.1) is 11.3 Å². The van der Waals surface area contributed by atoms with E-state index >= 15 is 0 Å². The van der Waals surface area contributed by atoms with Crippen LogP contribution in [0.15, 0.2) is 54.6 Å². The van der Waals surface area contributed by atoms with Gasteiger partial charge in [0, 0.05) is 22.1 Å². The molecule has 0 N–H and O–H groups in total. The Balaban J connectivity index is 1.84. The normalized spacial score (nSPS) is 12.4. The minimum atomic E-state index is -0.253. The van der Waals surface area contributed by atoms with Crippen LogP contribution in [0.4, 0.5) is 0 Å². The molecule has 120 valence electrons. The molecule has 0 aliphatic heterocycles. The highest BCUT2D eigenvalue weighted by Gasteiger charge is 2.30. The Bertz CT molecular complexity index is 1210. The van der Waals surface area contributed by atoms with Crippen LogP contribution >= 0.6 is 22.9 Å². The van der Waals surface area contributed by atoms with Gasteiger partial charge in [-0.1, -0.05) is 48.0 Å². The van der Waals surface area contributed by atoms with Crippen molar-refractivity contribution in [3.05, 3.63) is 74.9 Å². The maximum absolute atomic E-state index is 12.9. The molecule has 0 bridgehead atoms. The summed E-state index contributed by atoms with van der Waals surface area (Å²) in [7, 11) is 0. The molecule has 6 heteroatoms. The maximum Gasteiger partial charge on any atom is 0.288 e. The predicted octanol–water partition coefficient (Wildman–Crippen LogP) is 4.65. The number of halogens is 1. The van der Waals surface area contributed by atoms with Gasteiger partial charge in [0.2, 0.25) is 0 Å². The number of hydrogen-bond donors (Lipinski definition) is 0. The van der Waals surface area contributed by atoms with Gasteiger partial charge in [0.15, 0.2) is 5.78 Å². The van der Waals surface area contributed by atoms with Crippen molar-refractivity contribution >= 4 is 45.5 Å². The molecule has 2 aromatic carbocycles. The van der Waals surface area contributed by atoms with Gasteiger partial charge in [-0.2, -0.15) is 9.78 Å². The van der Waals surface area contributed by atoms with Crippen molar-refractivity contribution in [1.29, 1.82) is 0 Å². The van der Waals surface area contributed by atoms with Crippen LogP contribution in [0.2, 0.25) is 4.34 Å². The van der Waals surface area contributed by atoms with E-state index in [0.717, 1.165) is 10.9 Å². The SMILES string of the molecule is O=C1c2ccccc2-c2nn(C(=O)c3ccc(Cl)s3)c3cccc1c23. The van der Waals surface area contributed by atoms with Gasteiger partial charge in [-0.3, -0.25) is 9.59 Å². The number of fused-ring (bicyclic) bond motifs is 2. The van der Waals surface area contributed by atoms with Gasteiger partial charge in [0.05, 0.1) is 14.7 Å². The van der Waals surface area contributed by atoms with Gasteiger partial charge in [-0.25, -0.2) is 0 Å². The highest BCUT2D eigenvalue weighted by Crippen LogP contribution is 2.39. The van der Waals surface area contributed by atoms with Crippen LogP contribution in [0.3, 0.4) is 0 Å². The molecule has 1 aliphatic rings. The first-order chi connectivity index (χ1) is 12.1. The Morgan fingerprint density at radius 1 is 0.960 bits per heavy atom. The average Bonchev–Trinajstić information content (AvgIpc) is 3.24. The van der Waals surface area contributed by atoms with E-state index in [9.17, 15) is 9.59 Å². The molecule has 1 aliphatic carbocycles. The molecule has 0 radical (unpaired) electrons. The van der Waals surface area contributed by atoms with E-state index in [1.807, 2.05) is 24.3 Å². The zero-order chi connectivity index (χ0) is 17.1. The highest BCUT2D eigenvalue weighted by atomic mass is 35.5. The predicted molar refractivity (Wildman–Crippen MR) is 97.7 cm³/mol. The molecule has 0 atom stereocenters. The second-order valence-corrected chi connectivity index (χ2v) is 7.46. The molecular weight excluding hydrogens is 356 g/mol. The Kier molecular flexibility index (Phi) is 2.98. The Hall–Kier alpha value is -2.76. The van der Waals surface area contributed by atoms with Crippen molar-refractivity contribution < 1.29 is 9.59 Å². The van der Waals surface area contributed by atoms with E-state index in [0.29, 0.717) is 31.6 Å². The number of benzene rings is 2. The van der Waals surface area contributed by atoms with Gasteiger partial charge in [-0.05, 0) is 18.2 Å². The molecule has 0 fully saturated rings. The smallest absolute Gasteiger partial charge is 0.288 e. The third-order valence-electron chi connectivity index (χ3n) is 4.36. The van der Waals surface area contributed by atoms with Crippen molar-refractivity contribution in [2.75, 3.05) is 0 Å². The number of hydrogen-bond acceptors (Lipinski definition) is 4. The monoisotopic (exact) mass is 364 g/mol. The van der Waals surface area contributed by atoms with E-state index in [-0.39, 0.29) is 11.7 Å². The third kappa shape index (κ3) is 1.97. The van der Waals surface area contributed by atoms with Crippen LogP contribution in [0.25, 0.3) is 22.2 Å². The van der Waals surface area contributed by atoms with Crippen molar-refractivity contribution in [2.45, 2.75) is 0 Å². The summed E-state index contributed by atoms with van der Waals surface area (Å²) < 4.78 is 1.91. The molecule has 25 heavy (non-hydrogen) atoms. The number of ketones is 1. The fourth-order valence-electron chi connectivity index (χ4n) is 3.27. The molecule has 0 saturated heterocycles. The quantitative estimate of drug-likeness (QED) is 0.435. The van der Waals surface area contributed by atoms with Crippen LogP contribution in [0, 0.1) is 0 Å². The largest absolute Gasteiger partial charge is 0.289 e. The summed E-state index contributed by atoms with van der Waals surface area (Å²) in [5, 5.41) is 5.28. The number of carbonyl (C=O) groups excluding carboxylic acids is 2. The van der Waals surface area contributed by atoms with Crippen LogP contribution in [-0.4, -0.2) is 21.5 Å². The molecule has 0 amide bonds. The minimum Gasteiger partial charge on any atom is -0.289 e. The van der Waals surface area contributed by atoms with Crippen molar-refractivity contribution in [1.82, 2.24) is 9.78 Å². The summed E-state index contributed by atoms with van der Waals surface area (Å²) in [5.41, 5.74) is 3.24. The molecule has 4 nitrogen and oxygen atoms in total. The maximum atomic E-state index is 12.9. The Labute approximate surface area is 151 Å². The Morgan fingerprint density at radius 2 is 1.72 bits per heavy atom. The summed E-state index contributed by atoms with van der Waals surface area (Å²) in [5.74, 6) is -0.294. The second kappa shape index (κ2) is 5.12. The molecule has 5 rings (SSSR count). The van der Waals surface area contributed by atoms with E-state index in [2.05, 4.69) is 5.10 Å². The topological polar surface area (TPSA) is 52.0 Å². The van der Waals surface area contributed by atoms with E-state index in [1.54, 1.807) is 30.3 Å². The fraction of sp³-hybridized carbons (Fsp3) is 0. The molecule has 4 aromatic rings. The third-order valence-corrected chi connectivity index (χ3v) is 5.57. The van der Waals surface area contributed by atoms with Gasteiger partial charge in [0.1, 0.15) is 5.69 Å². The van der Waals surface area contributed by atoms with E-state index < -0.39 is 0 Å². The zero-order valence-corrected chi connectivity index (χ0v) is 14.3. The lowest BCUT2D eigenvalue weighted by Gasteiger charge is -2.13. The number of carbonyl (C=O) groups is 2.